The first-order chi connectivity index (χ1) is 10.3. The van der Waals surface area contributed by atoms with Gasteiger partial charge in [-0.15, -0.1) is 0 Å². The van der Waals surface area contributed by atoms with E-state index in [4.69, 9.17) is 16.3 Å². The lowest BCUT2D eigenvalue weighted by molar-refractivity contribution is -0.147. The standard InChI is InChI=1S/C16H15ClN2O3/c1-8-4-5-9-12(16(2,3)15(20)21)10-6-7-11(17)19-14(10)22-13(9)18-8/h4-7,12H,1-3H3,(H,20,21). The first-order valence-corrected chi connectivity index (χ1v) is 7.23. The molecule has 0 amide bonds. The third kappa shape index (κ3) is 2.22. The van der Waals surface area contributed by atoms with Gasteiger partial charge in [-0.3, -0.25) is 4.79 Å². The van der Waals surface area contributed by atoms with E-state index in [1.165, 1.54) is 0 Å². The number of carboxylic acid groups (broad SMARTS) is 1. The first kappa shape index (κ1) is 14.8. The van der Waals surface area contributed by atoms with E-state index in [0.29, 0.717) is 22.5 Å². The van der Waals surface area contributed by atoms with Crippen molar-refractivity contribution < 1.29 is 14.6 Å². The third-order valence-electron chi connectivity index (χ3n) is 3.97. The largest absolute Gasteiger partial charge is 0.481 e. The number of nitrogens with zero attached hydrogens (tertiary/aromatic N) is 2. The summed E-state index contributed by atoms with van der Waals surface area (Å²) >= 11 is 5.93. The van der Waals surface area contributed by atoms with Crippen LogP contribution in [0.4, 0.5) is 0 Å². The van der Waals surface area contributed by atoms with Gasteiger partial charge in [0.25, 0.3) is 0 Å². The SMILES string of the molecule is Cc1ccc2c(n1)Oc1nc(Cl)ccc1C2C(C)(C)C(=O)O. The maximum Gasteiger partial charge on any atom is 0.310 e. The predicted molar refractivity (Wildman–Crippen MR) is 81.6 cm³/mol. The maximum absolute atomic E-state index is 11.8. The van der Waals surface area contributed by atoms with Crippen LogP contribution in [0.1, 0.15) is 36.6 Å². The molecule has 1 unspecified atom stereocenters. The molecule has 114 valence electrons. The molecule has 2 aromatic rings. The van der Waals surface area contributed by atoms with Crippen molar-refractivity contribution in [2.45, 2.75) is 26.7 Å². The first-order valence-electron chi connectivity index (χ1n) is 6.86. The van der Waals surface area contributed by atoms with Gasteiger partial charge in [0.1, 0.15) is 5.15 Å². The highest BCUT2D eigenvalue weighted by Gasteiger charge is 2.44. The number of halogens is 1. The number of rotatable bonds is 2. The number of pyridine rings is 2. The predicted octanol–water partition coefficient (Wildman–Crippen LogP) is 3.79. The Hall–Kier alpha value is -2.14. The number of aliphatic carboxylic acids is 1. The molecule has 5 nitrogen and oxygen atoms in total. The van der Waals surface area contributed by atoms with Crippen LogP contribution in [0.15, 0.2) is 24.3 Å². The Morgan fingerprint density at radius 1 is 1.18 bits per heavy atom. The van der Waals surface area contributed by atoms with Crippen LogP contribution >= 0.6 is 11.6 Å². The summed E-state index contributed by atoms with van der Waals surface area (Å²) in [6.07, 6.45) is 0. The Balaban J connectivity index is 2.27. The summed E-state index contributed by atoms with van der Waals surface area (Å²) in [5, 5.41) is 9.94. The van der Waals surface area contributed by atoms with Gasteiger partial charge in [-0.25, -0.2) is 9.97 Å². The molecule has 6 heteroatoms. The summed E-state index contributed by atoms with van der Waals surface area (Å²) in [6, 6.07) is 7.12. The van der Waals surface area contributed by atoms with Crippen molar-refractivity contribution in [3.05, 3.63) is 46.2 Å². The van der Waals surface area contributed by atoms with Gasteiger partial charge in [-0.2, -0.15) is 0 Å². The van der Waals surface area contributed by atoms with Gasteiger partial charge < -0.3 is 9.84 Å². The summed E-state index contributed by atoms with van der Waals surface area (Å²) in [5.74, 6) is -0.604. The van der Waals surface area contributed by atoms with Crippen molar-refractivity contribution >= 4 is 17.6 Å². The van der Waals surface area contributed by atoms with E-state index in [9.17, 15) is 9.90 Å². The number of carbonyl (C=O) groups is 1. The van der Waals surface area contributed by atoms with Crippen LogP contribution in [-0.2, 0) is 4.79 Å². The van der Waals surface area contributed by atoms with Crippen molar-refractivity contribution in [3.8, 4) is 11.8 Å². The minimum atomic E-state index is -1.04. The number of hydrogen-bond acceptors (Lipinski definition) is 4. The van der Waals surface area contributed by atoms with E-state index in [2.05, 4.69) is 9.97 Å². The Labute approximate surface area is 132 Å². The second-order valence-electron chi connectivity index (χ2n) is 5.94. The number of aromatic nitrogens is 2. The molecular formula is C16H15ClN2O3. The smallest absolute Gasteiger partial charge is 0.310 e. The lowest BCUT2D eigenvalue weighted by Gasteiger charge is -2.35. The maximum atomic E-state index is 11.8. The molecule has 0 radical (unpaired) electrons. The van der Waals surface area contributed by atoms with Crippen molar-refractivity contribution in [2.24, 2.45) is 5.41 Å². The summed E-state index contributed by atoms with van der Waals surface area (Å²) in [5.41, 5.74) is 1.19. The molecule has 3 heterocycles. The summed E-state index contributed by atoms with van der Waals surface area (Å²) in [6.45, 7) is 5.22. The molecule has 0 spiro atoms. The zero-order valence-corrected chi connectivity index (χ0v) is 13.2. The molecule has 1 aliphatic heterocycles. The Kier molecular flexibility index (Phi) is 3.33. The van der Waals surface area contributed by atoms with Crippen LogP contribution < -0.4 is 4.74 Å². The van der Waals surface area contributed by atoms with E-state index in [0.717, 1.165) is 11.3 Å². The van der Waals surface area contributed by atoms with Gasteiger partial charge in [0.2, 0.25) is 11.8 Å². The van der Waals surface area contributed by atoms with E-state index in [-0.39, 0.29) is 0 Å². The molecule has 0 aromatic carbocycles. The molecule has 22 heavy (non-hydrogen) atoms. The highest BCUT2D eigenvalue weighted by atomic mass is 35.5. The second kappa shape index (κ2) is 4.95. The van der Waals surface area contributed by atoms with Crippen molar-refractivity contribution in [1.82, 2.24) is 9.97 Å². The zero-order valence-electron chi connectivity index (χ0n) is 12.4. The second-order valence-corrected chi connectivity index (χ2v) is 6.32. The van der Waals surface area contributed by atoms with Gasteiger partial charge in [0.15, 0.2) is 0 Å². The van der Waals surface area contributed by atoms with Gasteiger partial charge in [0, 0.05) is 22.7 Å². The fourth-order valence-electron chi connectivity index (χ4n) is 2.74. The summed E-state index contributed by atoms with van der Waals surface area (Å²) < 4.78 is 5.74. The molecule has 0 aliphatic carbocycles. The number of aryl methyl sites for hydroxylation is 1. The average molecular weight is 319 g/mol. The fraction of sp³-hybridized carbons (Fsp3) is 0.312. The topological polar surface area (TPSA) is 72.3 Å². The monoisotopic (exact) mass is 318 g/mol. The third-order valence-corrected chi connectivity index (χ3v) is 4.18. The van der Waals surface area contributed by atoms with Gasteiger partial charge in [-0.05, 0) is 39.0 Å². The molecule has 0 saturated heterocycles. The van der Waals surface area contributed by atoms with Gasteiger partial charge in [0.05, 0.1) is 5.41 Å². The van der Waals surface area contributed by atoms with Crippen molar-refractivity contribution in [1.29, 1.82) is 0 Å². The van der Waals surface area contributed by atoms with Crippen LogP contribution in [-0.4, -0.2) is 21.0 Å². The van der Waals surface area contributed by atoms with Crippen LogP contribution in [0.3, 0.4) is 0 Å². The molecule has 2 aromatic heterocycles. The molecule has 0 fully saturated rings. The molecule has 0 bridgehead atoms. The molecule has 3 rings (SSSR count). The zero-order chi connectivity index (χ0) is 16.1. The molecule has 1 atom stereocenters. The number of fused-ring (bicyclic) bond motifs is 2. The van der Waals surface area contributed by atoms with Crippen LogP contribution in [0.5, 0.6) is 11.8 Å². The lowest BCUT2D eigenvalue weighted by atomic mass is 9.71. The van der Waals surface area contributed by atoms with Gasteiger partial charge in [-0.1, -0.05) is 17.7 Å². The molecule has 0 saturated carbocycles. The number of hydrogen-bond donors (Lipinski definition) is 1. The van der Waals surface area contributed by atoms with Gasteiger partial charge >= 0.3 is 5.97 Å². The van der Waals surface area contributed by atoms with Crippen LogP contribution in [0.2, 0.25) is 5.15 Å². The van der Waals surface area contributed by atoms with Crippen molar-refractivity contribution in [3.63, 3.8) is 0 Å². The van der Waals surface area contributed by atoms with E-state index >= 15 is 0 Å². The number of ether oxygens (including phenoxy) is 1. The number of carboxylic acids is 1. The quantitative estimate of drug-likeness (QED) is 0.853. The highest BCUT2D eigenvalue weighted by Crippen LogP contribution is 2.50. The van der Waals surface area contributed by atoms with Crippen molar-refractivity contribution in [2.75, 3.05) is 0 Å². The Bertz CT molecular complexity index is 722. The average Bonchev–Trinajstić information content (AvgIpc) is 2.44. The minimum absolute atomic E-state index is 0.293. The van der Waals surface area contributed by atoms with E-state index in [1.807, 2.05) is 19.1 Å². The van der Waals surface area contributed by atoms with E-state index < -0.39 is 17.3 Å². The summed E-state index contributed by atoms with van der Waals surface area (Å²) in [7, 11) is 0. The minimum Gasteiger partial charge on any atom is -0.481 e. The van der Waals surface area contributed by atoms with Crippen LogP contribution in [0, 0.1) is 12.3 Å². The lowest BCUT2D eigenvalue weighted by Crippen LogP contribution is -2.34. The molecule has 1 aliphatic rings. The highest BCUT2D eigenvalue weighted by molar-refractivity contribution is 6.29. The normalized spacial score (nSPS) is 16.5. The Morgan fingerprint density at radius 3 is 2.41 bits per heavy atom. The van der Waals surface area contributed by atoms with E-state index in [1.54, 1.807) is 26.0 Å². The summed E-state index contributed by atoms with van der Waals surface area (Å²) in [4.78, 5) is 20.3. The van der Waals surface area contributed by atoms with Crippen LogP contribution in [0.25, 0.3) is 0 Å². The fourth-order valence-corrected chi connectivity index (χ4v) is 2.88. The Morgan fingerprint density at radius 2 is 1.77 bits per heavy atom. The molecular weight excluding hydrogens is 304 g/mol. The molecule has 1 N–H and O–H groups in total.